The number of aromatic amines is 1. The average Bonchev–Trinajstić information content (AvgIpc) is 3.54. The molecule has 186 valence electrons. The highest BCUT2D eigenvalue weighted by molar-refractivity contribution is 7.79. The topological polar surface area (TPSA) is 86.5 Å². The Morgan fingerprint density at radius 2 is 2.09 bits per heavy atom. The molecule has 1 aromatic carbocycles. The molecule has 0 aliphatic carbocycles. The van der Waals surface area contributed by atoms with Gasteiger partial charge >= 0.3 is 0 Å². The van der Waals surface area contributed by atoms with Crippen molar-refractivity contribution in [3.05, 3.63) is 53.0 Å². The minimum absolute atomic E-state index is 0.360. The average molecular weight is 494 g/mol. The molecule has 3 aromatic heterocycles. The maximum Gasteiger partial charge on any atom is 0.163 e. The summed E-state index contributed by atoms with van der Waals surface area (Å²) in [5.41, 5.74) is 9.54. The molecule has 1 aliphatic heterocycles. The molecule has 7 nitrogen and oxygen atoms in total. The highest BCUT2D eigenvalue weighted by Gasteiger charge is 2.25. The molecule has 1 saturated heterocycles. The van der Waals surface area contributed by atoms with Gasteiger partial charge in [-0.3, -0.25) is 4.40 Å². The first-order valence-corrected chi connectivity index (χ1v) is 13.9. The molecule has 0 spiro atoms. The summed E-state index contributed by atoms with van der Waals surface area (Å²) in [5, 5.41) is 9.68. The standard InChI is InChI=1S/C27H35N5O2S/c1-17(2)25-22-14-20(13-21-7-5-10-31(21)11-6-12-35(33)34)8-9-24(22)29-26(25)23-15-32-16-28-30-27(32)19(4)18(23)3/h8-9,14-17,21,29H,5-7,10-13H2,1-4H3,(H,33,34). The first-order valence-electron chi connectivity index (χ1n) is 12.6. The number of pyridine rings is 1. The number of benzene rings is 1. The summed E-state index contributed by atoms with van der Waals surface area (Å²) < 4.78 is 22.1. The SMILES string of the molecule is Cc1c(-c2[nH]c3ccc(CC4CCCN4CCCS(=O)O)cc3c2C(C)C)cn2cnnc2c1C. The Labute approximate surface area is 209 Å². The van der Waals surface area contributed by atoms with Crippen LogP contribution in [0.2, 0.25) is 0 Å². The molecule has 2 atom stereocenters. The second-order valence-electron chi connectivity index (χ2n) is 10.2. The van der Waals surface area contributed by atoms with Crippen molar-refractivity contribution in [2.24, 2.45) is 0 Å². The van der Waals surface area contributed by atoms with Crippen LogP contribution in [0.5, 0.6) is 0 Å². The van der Waals surface area contributed by atoms with E-state index in [1.165, 1.54) is 51.7 Å². The third kappa shape index (κ3) is 4.67. The van der Waals surface area contributed by atoms with Gasteiger partial charge in [-0.1, -0.05) is 19.9 Å². The van der Waals surface area contributed by atoms with E-state index < -0.39 is 11.1 Å². The van der Waals surface area contributed by atoms with Gasteiger partial charge in [0.15, 0.2) is 16.7 Å². The highest BCUT2D eigenvalue weighted by Crippen LogP contribution is 2.38. The fourth-order valence-electron chi connectivity index (χ4n) is 5.75. The predicted octanol–water partition coefficient (Wildman–Crippen LogP) is 5.24. The van der Waals surface area contributed by atoms with E-state index in [1.807, 2.05) is 4.40 Å². The van der Waals surface area contributed by atoms with Crippen molar-refractivity contribution in [1.82, 2.24) is 24.5 Å². The molecule has 1 aliphatic rings. The molecule has 35 heavy (non-hydrogen) atoms. The third-order valence-corrected chi connectivity index (χ3v) is 8.27. The Kier molecular flexibility index (Phi) is 6.79. The summed E-state index contributed by atoms with van der Waals surface area (Å²) in [6, 6.07) is 7.37. The summed E-state index contributed by atoms with van der Waals surface area (Å²) in [5.74, 6) is 0.728. The maximum atomic E-state index is 11.0. The van der Waals surface area contributed by atoms with Crippen LogP contribution in [-0.4, -0.2) is 58.1 Å². The molecule has 0 saturated carbocycles. The fourth-order valence-corrected chi connectivity index (χ4v) is 6.12. The van der Waals surface area contributed by atoms with Crippen molar-refractivity contribution in [1.29, 1.82) is 0 Å². The Morgan fingerprint density at radius 1 is 1.26 bits per heavy atom. The second-order valence-corrected chi connectivity index (χ2v) is 11.3. The summed E-state index contributed by atoms with van der Waals surface area (Å²) in [6.45, 7) is 10.8. The monoisotopic (exact) mass is 493 g/mol. The second kappa shape index (κ2) is 9.84. The molecule has 0 radical (unpaired) electrons. The van der Waals surface area contributed by atoms with Crippen LogP contribution in [0, 0.1) is 13.8 Å². The summed E-state index contributed by atoms with van der Waals surface area (Å²) in [7, 11) is 0. The van der Waals surface area contributed by atoms with Gasteiger partial charge in [-0.2, -0.15) is 0 Å². The number of likely N-dealkylation sites (tertiary alicyclic amines) is 1. The Morgan fingerprint density at radius 3 is 2.86 bits per heavy atom. The quantitative estimate of drug-likeness (QED) is 0.328. The Balaban J connectivity index is 1.49. The van der Waals surface area contributed by atoms with Crippen LogP contribution in [0.25, 0.3) is 27.8 Å². The minimum atomic E-state index is -1.70. The molecule has 5 rings (SSSR count). The summed E-state index contributed by atoms with van der Waals surface area (Å²) >= 11 is -1.70. The van der Waals surface area contributed by atoms with Gasteiger partial charge < -0.3 is 14.4 Å². The Bertz CT molecular complexity index is 1390. The van der Waals surface area contributed by atoms with Gasteiger partial charge in [0.25, 0.3) is 0 Å². The van der Waals surface area contributed by atoms with Crippen molar-refractivity contribution >= 4 is 27.6 Å². The van der Waals surface area contributed by atoms with E-state index in [4.69, 9.17) is 4.55 Å². The van der Waals surface area contributed by atoms with Gasteiger partial charge in [0.05, 0.1) is 11.4 Å². The fraction of sp³-hybridized carbons (Fsp3) is 0.481. The van der Waals surface area contributed by atoms with Crippen LogP contribution < -0.4 is 0 Å². The largest absolute Gasteiger partial charge is 0.354 e. The van der Waals surface area contributed by atoms with Gasteiger partial charge in [-0.25, -0.2) is 4.21 Å². The first-order chi connectivity index (χ1) is 16.8. The molecular formula is C27H35N5O2S. The van der Waals surface area contributed by atoms with E-state index in [-0.39, 0.29) is 0 Å². The van der Waals surface area contributed by atoms with Crippen molar-refractivity contribution in [3.63, 3.8) is 0 Å². The number of nitrogens with zero attached hydrogens (tertiary/aromatic N) is 4. The van der Waals surface area contributed by atoms with E-state index >= 15 is 0 Å². The van der Waals surface area contributed by atoms with Crippen LogP contribution in [0.15, 0.2) is 30.7 Å². The molecule has 0 bridgehead atoms. The molecule has 0 amide bonds. The van der Waals surface area contributed by atoms with Gasteiger partial charge in [-0.05, 0) is 92.9 Å². The number of aromatic nitrogens is 4. The van der Waals surface area contributed by atoms with Gasteiger partial charge in [-0.15, -0.1) is 10.2 Å². The van der Waals surface area contributed by atoms with Crippen LogP contribution in [-0.2, 0) is 17.5 Å². The number of aryl methyl sites for hydroxylation is 1. The number of nitrogens with one attached hydrogen (secondary N) is 1. The number of rotatable bonds is 8. The van der Waals surface area contributed by atoms with Crippen molar-refractivity contribution in [2.75, 3.05) is 18.8 Å². The third-order valence-electron chi connectivity index (χ3n) is 7.63. The molecule has 8 heteroatoms. The highest BCUT2D eigenvalue weighted by atomic mass is 32.2. The zero-order valence-corrected chi connectivity index (χ0v) is 21.9. The zero-order chi connectivity index (χ0) is 24.7. The van der Waals surface area contributed by atoms with Gasteiger partial charge in [0, 0.05) is 28.7 Å². The number of hydrogen-bond acceptors (Lipinski definition) is 4. The summed E-state index contributed by atoms with van der Waals surface area (Å²) in [4.78, 5) is 6.24. The Hall–Kier alpha value is -2.55. The predicted molar refractivity (Wildman–Crippen MR) is 142 cm³/mol. The van der Waals surface area contributed by atoms with Gasteiger partial charge in [0.1, 0.15) is 6.33 Å². The molecule has 2 N–H and O–H groups in total. The van der Waals surface area contributed by atoms with Crippen LogP contribution in [0.1, 0.15) is 61.3 Å². The molecule has 4 aromatic rings. The normalized spacial score (nSPS) is 17.8. The van der Waals surface area contributed by atoms with Crippen molar-refractivity contribution in [3.8, 4) is 11.3 Å². The maximum absolute atomic E-state index is 11.0. The number of hydrogen-bond donors (Lipinski definition) is 2. The summed E-state index contributed by atoms with van der Waals surface area (Å²) in [6.07, 6.45) is 8.09. The molecule has 2 unspecified atom stereocenters. The lowest BCUT2D eigenvalue weighted by molar-refractivity contribution is 0.253. The molecule has 1 fully saturated rings. The van der Waals surface area contributed by atoms with E-state index in [9.17, 15) is 4.21 Å². The lowest BCUT2D eigenvalue weighted by Crippen LogP contribution is -2.32. The van der Waals surface area contributed by atoms with E-state index in [0.29, 0.717) is 17.7 Å². The minimum Gasteiger partial charge on any atom is -0.354 e. The first kappa shape index (κ1) is 24.2. The van der Waals surface area contributed by atoms with E-state index in [2.05, 4.69) is 72.2 Å². The smallest absolute Gasteiger partial charge is 0.163 e. The van der Waals surface area contributed by atoms with Crippen LogP contribution in [0.4, 0.5) is 0 Å². The lowest BCUT2D eigenvalue weighted by Gasteiger charge is -2.24. The van der Waals surface area contributed by atoms with Gasteiger partial charge in [0.2, 0.25) is 0 Å². The lowest BCUT2D eigenvalue weighted by atomic mass is 9.93. The zero-order valence-electron chi connectivity index (χ0n) is 21.0. The molecule has 4 heterocycles. The van der Waals surface area contributed by atoms with E-state index in [0.717, 1.165) is 37.1 Å². The van der Waals surface area contributed by atoms with Crippen molar-refractivity contribution in [2.45, 2.75) is 65.3 Å². The molecular weight excluding hydrogens is 458 g/mol. The van der Waals surface area contributed by atoms with Crippen molar-refractivity contribution < 1.29 is 8.76 Å². The van der Waals surface area contributed by atoms with E-state index in [1.54, 1.807) is 6.33 Å². The number of fused-ring (bicyclic) bond motifs is 2. The number of H-pyrrole nitrogens is 1. The van der Waals surface area contributed by atoms with Crippen LogP contribution in [0.3, 0.4) is 0 Å². The van der Waals surface area contributed by atoms with Crippen LogP contribution >= 0.6 is 0 Å².